The molecule has 1 aliphatic carbocycles. The number of methoxy groups -OCH3 is 1. The van der Waals surface area contributed by atoms with Crippen LogP contribution in [0.3, 0.4) is 0 Å². The monoisotopic (exact) mass is 352 g/mol. The van der Waals surface area contributed by atoms with Crippen molar-refractivity contribution in [3.8, 4) is 0 Å². The second kappa shape index (κ2) is 5.35. The molecule has 106 valence electrons. The zero-order chi connectivity index (χ0) is 14.2. The van der Waals surface area contributed by atoms with Gasteiger partial charge in [-0.15, -0.1) is 0 Å². The van der Waals surface area contributed by atoms with E-state index in [4.69, 9.17) is 10.5 Å². The number of halogens is 2. The van der Waals surface area contributed by atoms with Crippen molar-refractivity contribution in [3.63, 3.8) is 0 Å². The zero-order valence-corrected chi connectivity index (χ0v) is 12.6. The zero-order valence-electron chi connectivity index (χ0n) is 10.2. The smallest absolute Gasteiger partial charge is 0.242 e. The van der Waals surface area contributed by atoms with Crippen LogP contribution in [0.25, 0.3) is 0 Å². The molecule has 1 aromatic rings. The third-order valence-electron chi connectivity index (χ3n) is 3.09. The molecule has 19 heavy (non-hydrogen) atoms. The van der Waals surface area contributed by atoms with Crippen LogP contribution in [0.1, 0.15) is 12.8 Å². The van der Waals surface area contributed by atoms with Crippen LogP contribution in [-0.4, -0.2) is 27.7 Å². The molecule has 1 fully saturated rings. The quantitative estimate of drug-likeness (QED) is 0.807. The number of rotatable bonds is 4. The molecule has 0 aliphatic heterocycles. The average molecular weight is 353 g/mol. The van der Waals surface area contributed by atoms with E-state index in [2.05, 4.69) is 20.7 Å². The van der Waals surface area contributed by atoms with Crippen LogP contribution in [0.15, 0.2) is 21.5 Å². The second-order valence-corrected chi connectivity index (χ2v) is 6.99. The maximum absolute atomic E-state index is 13.2. The predicted molar refractivity (Wildman–Crippen MR) is 72.7 cm³/mol. The molecule has 0 saturated heterocycles. The van der Waals surface area contributed by atoms with Crippen LogP contribution < -0.4 is 10.5 Å². The van der Waals surface area contributed by atoms with Crippen LogP contribution >= 0.6 is 15.9 Å². The highest BCUT2D eigenvalue weighted by atomic mass is 79.9. The highest BCUT2D eigenvalue weighted by Gasteiger charge is 2.33. The number of ether oxygens (including phenoxy) is 1. The Morgan fingerprint density at radius 3 is 2.68 bits per heavy atom. The van der Waals surface area contributed by atoms with Crippen molar-refractivity contribution in [3.05, 3.63) is 22.4 Å². The van der Waals surface area contributed by atoms with Gasteiger partial charge in [0, 0.05) is 13.2 Å². The van der Waals surface area contributed by atoms with Gasteiger partial charge in [0.2, 0.25) is 10.0 Å². The van der Waals surface area contributed by atoms with Gasteiger partial charge in [-0.1, -0.05) is 0 Å². The molecule has 0 bridgehead atoms. The summed E-state index contributed by atoms with van der Waals surface area (Å²) in [7, 11) is -2.16. The number of nitrogen functional groups attached to an aromatic ring is 1. The molecule has 5 nitrogen and oxygen atoms in total. The van der Waals surface area contributed by atoms with E-state index in [1.165, 1.54) is 6.07 Å². The largest absolute Gasteiger partial charge is 0.398 e. The number of nitrogens with two attached hydrogens (primary N) is 1. The molecule has 0 unspecified atom stereocenters. The minimum atomic E-state index is -3.75. The Morgan fingerprint density at radius 1 is 1.47 bits per heavy atom. The lowest BCUT2D eigenvalue weighted by Gasteiger charge is -2.34. The van der Waals surface area contributed by atoms with Crippen molar-refractivity contribution in [2.75, 3.05) is 12.8 Å². The normalized spacial score (nSPS) is 23.1. The van der Waals surface area contributed by atoms with E-state index in [0.717, 1.165) is 6.07 Å². The number of benzene rings is 1. The van der Waals surface area contributed by atoms with Gasteiger partial charge in [0.25, 0.3) is 0 Å². The van der Waals surface area contributed by atoms with Gasteiger partial charge in [-0.25, -0.2) is 17.5 Å². The molecule has 0 aromatic heterocycles. The maximum atomic E-state index is 13.2. The Morgan fingerprint density at radius 2 is 2.11 bits per heavy atom. The first-order chi connectivity index (χ1) is 8.83. The Hall–Kier alpha value is -0.700. The van der Waals surface area contributed by atoms with Crippen molar-refractivity contribution in [2.24, 2.45) is 0 Å². The molecule has 0 spiro atoms. The Bertz CT molecular complexity index is 588. The van der Waals surface area contributed by atoms with E-state index in [9.17, 15) is 12.8 Å². The van der Waals surface area contributed by atoms with Crippen LogP contribution in [0.5, 0.6) is 0 Å². The predicted octanol–water partition coefficient (Wildman–Crippen LogP) is 1.63. The van der Waals surface area contributed by atoms with Crippen molar-refractivity contribution < 1.29 is 17.5 Å². The lowest BCUT2D eigenvalue weighted by molar-refractivity contribution is 0.0236. The summed E-state index contributed by atoms with van der Waals surface area (Å²) in [6.45, 7) is 0. The third-order valence-corrected chi connectivity index (χ3v) is 5.28. The Labute approximate surface area is 119 Å². The topological polar surface area (TPSA) is 81.4 Å². The molecule has 1 aliphatic rings. The fourth-order valence-corrected chi connectivity index (χ4v) is 3.81. The molecule has 0 amide bonds. The number of anilines is 1. The third kappa shape index (κ3) is 3.07. The molecule has 1 saturated carbocycles. The van der Waals surface area contributed by atoms with Crippen molar-refractivity contribution in [1.29, 1.82) is 0 Å². The standard InChI is InChI=1S/C11H14BrFN2O3S/c1-18-7-2-6(3-7)15-19(16,17)11-4-8(12)9(13)5-10(11)14/h4-7,15H,2-3,14H2,1H3. The summed E-state index contributed by atoms with van der Waals surface area (Å²) in [6, 6.07) is 1.98. The summed E-state index contributed by atoms with van der Waals surface area (Å²) in [4.78, 5) is -0.123. The molecule has 2 rings (SSSR count). The highest BCUT2D eigenvalue weighted by molar-refractivity contribution is 9.10. The average Bonchev–Trinajstić information content (AvgIpc) is 2.27. The molecule has 8 heteroatoms. The van der Waals surface area contributed by atoms with E-state index in [1.807, 2.05) is 0 Å². The van der Waals surface area contributed by atoms with E-state index >= 15 is 0 Å². The van der Waals surface area contributed by atoms with Gasteiger partial charge < -0.3 is 10.5 Å². The van der Waals surface area contributed by atoms with Gasteiger partial charge in [0.05, 0.1) is 16.3 Å². The molecule has 0 radical (unpaired) electrons. The SMILES string of the molecule is COC1CC(NS(=O)(=O)c2cc(Br)c(F)cc2N)C1. The fourth-order valence-electron chi connectivity index (χ4n) is 1.91. The number of nitrogens with one attached hydrogen (secondary N) is 1. The Kier molecular flexibility index (Phi) is 4.14. The van der Waals surface area contributed by atoms with Crippen LogP contribution in [0, 0.1) is 5.82 Å². The first-order valence-electron chi connectivity index (χ1n) is 5.63. The lowest BCUT2D eigenvalue weighted by Crippen LogP contribution is -2.47. The summed E-state index contributed by atoms with van der Waals surface area (Å²) in [6.07, 6.45) is 1.33. The summed E-state index contributed by atoms with van der Waals surface area (Å²) in [5, 5.41) is 0. The number of hydrogen-bond donors (Lipinski definition) is 2. The summed E-state index contributed by atoms with van der Waals surface area (Å²) >= 11 is 2.95. The minimum absolute atomic E-state index is 0.0606. The molecule has 1 aromatic carbocycles. The molecular weight excluding hydrogens is 339 g/mol. The van der Waals surface area contributed by atoms with E-state index in [1.54, 1.807) is 7.11 Å². The maximum Gasteiger partial charge on any atom is 0.242 e. The van der Waals surface area contributed by atoms with E-state index in [0.29, 0.717) is 12.8 Å². The first-order valence-corrected chi connectivity index (χ1v) is 7.90. The van der Waals surface area contributed by atoms with Crippen molar-refractivity contribution >= 4 is 31.6 Å². The van der Waals surface area contributed by atoms with Gasteiger partial charge in [-0.2, -0.15) is 0 Å². The van der Waals surface area contributed by atoms with Gasteiger partial charge >= 0.3 is 0 Å². The first kappa shape index (κ1) is 14.7. The van der Waals surface area contributed by atoms with Crippen LogP contribution in [0.4, 0.5) is 10.1 Å². The molecule has 0 atom stereocenters. The molecule has 3 N–H and O–H groups in total. The van der Waals surface area contributed by atoms with Crippen molar-refractivity contribution in [1.82, 2.24) is 4.72 Å². The summed E-state index contributed by atoms with van der Waals surface area (Å²) in [5.74, 6) is -0.598. The second-order valence-electron chi connectivity index (χ2n) is 4.45. The minimum Gasteiger partial charge on any atom is -0.398 e. The van der Waals surface area contributed by atoms with Gasteiger partial charge in [-0.3, -0.25) is 0 Å². The van der Waals surface area contributed by atoms with Crippen LogP contribution in [0.2, 0.25) is 0 Å². The fraction of sp³-hybridized carbons (Fsp3) is 0.455. The van der Waals surface area contributed by atoms with Crippen LogP contribution in [-0.2, 0) is 14.8 Å². The van der Waals surface area contributed by atoms with Crippen molar-refractivity contribution in [2.45, 2.75) is 29.9 Å². The number of hydrogen-bond acceptors (Lipinski definition) is 4. The summed E-state index contributed by atoms with van der Waals surface area (Å²) < 4.78 is 45.2. The Balaban J connectivity index is 2.18. The van der Waals surface area contributed by atoms with Gasteiger partial charge in [-0.05, 0) is 40.9 Å². The molecule has 0 heterocycles. The van der Waals surface area contributed by atoms with Gasteiger partial charge in [0.1, 0.15) is 10.7 Å². The van der Waals surface area contributed by atoms with Gasteiger partial charge in [0.15, 0.2) is 0 Å². The lowest BCUT2D eigenvalue weighted by atomic mass is 9.90. The number of sulfonamides is 1. The van der Waals surface area contributed by atoms with E-state index in [-0.39, 0.29) is 27.2 Å². The summed E-state index contributed by atoms with van der Waals surface area (Å²) in [5.41, 5.74) is 5.45. The van der Waals surface area contributed by atoms with E-state index < -0.39 is 15.8 Å². The molecular formula is C11H14BrFN2O3S. The highest BCUT2D eigenvalue weighted by Crippen LogP contribution is 2.29.